The summed E-state index contributed by atoms with van der Waals surface area (Å²) in [6, 6.07) is 15.1. The lowest BCUT2D eigenvalue weighted by Crippen LogP contribution is -2.23. The highest BCUT2D eigenvalue weighted by molar-refractivity contribution is 7.99. The quantitative estimate of drug-likeness (QED) is 0.288. The number of hydrogen-bond acceptors (Lipinski definition) is 6. The highest BCUT2D eigenvalue weighted by Crippen LogP contribution is 2.38. The van der Waals surface area contributed by atoms with Crippen molar-refractivity contribution in [2.24, 2.45) is 0 Å². The van der Waals surface area contributed by atoms with Gasteiger partial charge < -0.3 is 19.8 Å². The van der Waals surface area contributed by atoms with Crippen molar-refractivity contribution < 1.29 is 14.3 Å². The molecule has 9 heteroatoms. The minimum Gasteiger partial charge on any atom is -0.497 e. The number of amides is 1. The van der Waals surface area contributed by atoms with Crippen molar-refractivity contribution in [1.82, 2.24) is 14.5 Å². The highest BCUT2D eigenvalue weighted by atomic mass is 32.2. The van der Waals surface area contributed by atoms with Crippen LogP contribution in [0.25, 0.3) is 22.2 Å². The minimum atomic E-state index is -0.220. The molecular weight excluding hydrogens is 452 g/mol. The first-order valence-electron chi connectivity index (χ1n) is 10.9. The Morgan fingerprint density at radius 2 is 1.97 bits per heavy atom. The van der Waals surface area contributed by atoms with E-state index < -0.39 is 0 Å². The number of aromatic amines is 1. The first kappa shape index (κ1) is 22.1. The van der Waals surface area contributed by atoms with E-state index >= 15 is 0 Å². The average Bonchev–Trinajstić information content (AvgIpc) is 3.61. The number of methoxy groups -OCH3 is 2. The molecule has 1 amide bonds. The van der Waals surface area contributed by atoms with Crippen LogP contribution in [0.3, 0.4) is 0 Å². The molecule has 1 saturated carbocycles. The Morgan fingerprint density at radius 1 is 1.18 bits per heavy atom. The fraction of sp³-hybridized carbons (Fsp3) is 0.240. The maximum atomic E-state index is 13.3. The Kier molecular flexibility index (Phi) is 6.02. The summed E-state index contributed by atoms with van der Waals surface area (Å²) in [5.74, 6) is 1.02. The van der Waals surface area contributed by atoms with Crippen LogP contribution in [0.1, 0.15) is 18.9 Å². The molecular formula is C25H24N4O4S. The fourth-order valence-corrected chi connectivity index (χ4v) is 4.72. The molecule has 0 aliphatic heterocycles. The fourth-order valence-electron chi connectivity index (χ4n) is 3.86. The first-order valence-corrected chi connectivity index (χ1v) is 11.9. The van der Waals surface area contributed by atoms with Gasteiger partial charge in [0.25, 0.3) is 5.56 Å². The van der Waals surface area contributed by atoms with Gasteiger partial charge in [0.05, 0.1) is 25.7 Å². The molecule has 5 rings (SSSR count). The molecule has 4 aromatic rings. The van der Waals surface area contributed by atoms with Crippen molar-refractivity contribution in [2.45, 2.75) is 24.0 Å². The molecule has 0 atom stereocenters. The molecule has 174 valence electrons. The molecule has 0 unspecified atom stereocenters. The largest absolute Gasteiger partial charge is 0.497 e. The third-order valence-electron chi connectivity index (χ3n) is 5.71. The number of hydrogen-bond donors (Lipinski definition) is 2. The van der Waals surface area contributed by atoms with Crippen molar-refractivity contribution in [3.05, 3.63) is 65.1 Å². The molecule has 2 heterocycles. The van der Waals surface area contributed by atoms with Gasteiger partial charge in [0.2, 0.25) is 5.91 Å². The SMILES string of the molecule is COc1ccc(NC(=O)CSc2nc3c(-c4ccccc4)c[nH]c3c(=O)n2C2CC2)c(OC)c1. The lowest BCUT2D eigenvalue weighted by molar-refractivity contribution is -0.113. The second-order valence-corrected chi connectivity index (χ2v) is 8.94. The van der Waals surface area contributed by atoms with Gasteiger partial charge in [0, 0.05) is 23.9 Å². The number of benzene rings is 2. The van der Waals surface area contributed by atoms with E-state index in [-0.39, 0.29) is 23.3 Å². The standard InChI is InChI=1S/C25H24N4O4S/c1-32-17-10-11-19(20(12-17)33-2)27-21(30)14-34-25-28-22-18(15-6-4-3-5-7-15)13-26-23(22)24(31)29(25)16-8-9-16/h3-7,10-13,16,26H,8-9,14H2,1-2H3,(H,27,30). The maximum absolute atomic E-state index is 13.3. The van der Waals surface area contributed by atoms with Crippen LogP contribution in [0.2, 0.25) is 0 Å². The van der Waals surface area contributed by atoms with E-state index in [1.165, 1.54) is 18.9 Å². The highest BCUT2D eigenvalue weighted by Gasteiger charge is 2.30. The number of fused-ring (bicyclic) bond motifs is 1. The van der Waals surface area contributed by atoms with Crippen LogP contribution in [0.4, 0.5) is 5.69 Å². The second kappa shape index (κ2) is 9.26. The molecule has 2 aromatic carbocycles. The Balaban J connectivity index is 1.42. The molecule has 0 bridgehead atoms. The van der Waals surface area contributed by atoms with Gasteiger partial charge in [-0.3, -0.25) is 14.2 Å². The van der Waals surface area contributed by atoms with Crippen LogP contribution < -0.4 is 20.3 Å². The van der Waals surface area contributed by atoms with Crippen molar-refractivity contribution >= 4 is 34.4 Å². The number of nitrogens with one attached hydrogen (secondary N) is 2. The molecule has 0 saturated heterocycles. The van der Waals surface area contributed by atoms with Gasteiger partial charge >= 0.3 is 0 Å². The molecule has 1 aliphatic carbocycles. The number of carbonyl (C=O) groups is 1. The van der Waals surface area contributed by atoms with Gasteiger partial charge in [-0.15, -0.1) is 0 Å². The molecule has 0 spiro atoms. The molecule has 8 nitrogen and oxygen atoms in total. The molecule has 34 heavy (non-hydrogen) atoms. The van der Waals surface area contributed by atoms with Gasteiger partial charge in [-0.25, -0.2) is 4.98 Å². The van der Waals surface area contributed by atoms with E-state index in [4.69, 9.17) is 14.5 Å². The van der Waals surface area contributed by atoms with Gasteiger partial charge in [-0.2, -0.15) is 0 Å². The summed E-state index contributed by atoms with van der Waals surface area (Å²) in [6.45, 7) is 0. The Bertz CT molecular complexity index is 1410. The third kappa shape index (κ3) is 4.26. The molecule has 2 N–H and O–H groups in total. The lowest BCUT2D eigenvalue weighted by Gasteiger charge is -2.13. The normalized spacial score (nSPS) is 13.1. The van der Waals surface area contributed by atoms with Crippen LogP contribution >= 0.6 is 11.8 Å². The van der Waals surface area contributed by atoms with Crippen LogP contribution in [0.15, 0.2) is 64.7 Å². The van der Waals surface area contributed by atoms with Crippen molar-refractivity contribution in [2.75, 3.05) is 25.3 Å². The predicted octanol–water partition coefficient (Wildman–Crippen LogP) is 4.47. The van der Waals surface area contributed by atoms with Gasteiger partial charge in [-0.05, 0) is 30.5 Å². The minimum absolute atomic E-state index is 0.102. The maximum Gasteiger partial charge on any atom is 0.278 e. The van der Waals surface area contributed by atoms with E-state index in [0.717, 1.165) is 24.0 Å². The molecule has 2 aromatic heterocycles. The predicted molar refractivity (Wildman–Crippen MR) is 133 cm³/mol. The number of ether oxygens (including phenoxy) is 2. The summed E-state index contributed by atoms with van der Waals surface area (Å²) in [7, 11) is 3.11. The number of rotatable bonds is 8. The van der Waals surface area contributed by atoms with E-state index in [1.807, 2.05) is 36.5 Å². The molecule has 1 fully saturated rings. The zero-order chi connectivity index (χ0) is 23.7. The van der Waals surface area contributed by atoms with Crippen LogP contribution in [0, 0.1) is 0 Å². The van der Waals surface area contributed by atoms with E-state index in [2.05, 4.69) is 10.3 Å². The lowest BCUT2D eigenvalue weighted by atomic mass is 10.1. The van der Waals surface area contributed by atoms with E-state index in [0.29, 0.717) is 33.4 Å². The van der Waals surface area contributed by atoms with E-state index in [1.54, 1.807) is 29.9 Å². The van der Waals surface area contributed by atoms with Crippen molar-refractivity contribution in [3.63, 3.8) is 0 Å². The zero-order valence-corrected chi connectivity index (χ0v) is 19.6. The van der Waals surface area contributed by atoms with Gasteiger partial charge in [0.15, 0.2) is 5.16 Å². The van der Waals surface area contributed by atoms with Crippen molar-refractivity contribution in [3.8, 4) is 22.6 Å². The smallest absolute Gasteiger partial charge is 0.278 e. The molecule has 0 radical (unpaired) electrons. The summed E-state index contributed by atoms with van der Waals surface area (Å²) >= 11 is 1.26. The summed E-state index contributed by atoms with van der Waals surface area (Å²) in [5, 5.41) is 3.42. The van der Waals surface area contributed by atoms with Crippen LogP contribution in [-0.4, -0.2) is 40.4 Å². The van der Waals surface area contributed by atoms with Crippen molar-refractivity contribution in [1.29, 1.82) is 0 Å². The number of carbonyl (C=O) groups excluding carboxylic acids is 1. The topological polar surface area (TPSA) is 98.2 Å². The van der Waals surface area contributed by atoms with Crippen LogP contribution in [0.5, 0.6) is 11.5 Å². The summed E-state index contributed by atoms with van der Waals surface area (Å²) in [5.41, 5.74) is 3.40. The first-order chi connectivity index (χ1) is 16.6. The monoisotopic (exact) mass is 476 g/mol. The van der Waals surface area contributed by atoms with Crippen LogP contribution in [-0.2, 0) is 4.79 Å². The summed E-state index contributed by atoms with van der Waals surface area (Å²) in [4.78, 5) is 34.0. The second-order valence-electron chi connectivity index (χ2n) is 8.00. The number of thioether (sulfide) groups is 1. The number of aromatic nitrogens is 3. The Labute approximate surface area is 200 Å². The van der Waals surface area contributed by atoms with Gasteiger partial charge in [-0.1, -0.05) is 42.1 Å². The number of H-pyrrole nitrogens is 1. The summed E-state index contributed by atoms with van der Waals surface area (Å²) < 4.78 is 12.3. The molecule has 1 aliphatic rings. The summed E-state index contributed by atoms with van der Waals surface area (Å²) in [6.07, 6.45) is 3.69. The Morgan fingerprint density at radius 3 is 2.68 bits per heavy atom. The third-order valence-corrected chi connectivity index (χ3v) is 6.66. The number of anilines is 1. The average molecular weight is 477 g/mol. The Hall–Kier alpha value is -3.72. The zero-order valence-electron chi connectivity index (χ0n) is 18.8. The van der Waals surface area contributed by atoms with Gasteiger partial charge in [0.1, 0.15) is 22.5 Å². The number of nitrogens with zero attached hydrogens (tertiary/aromatic N) is 2. The van der Waals surface area contributed by atoms with E-state index in [9.17, 15) is 9.59 Å².